The highest BCUT2D eigenvalue weighted by Gasteiger charge is 2.22. The molecule has 0 fully saturated rings. The molecule has 0 saturated carbocycles. The lowest BCUT2D eigenvalue weighted by Gasteiger charge is -2.18. The maximum absolute atomic E-state index is 12.9. The molecule has 0 bridgehead atoms. The number of anilines is 2. The van der Waals surface area contributed by atoms with Crippen LogP contribution in [-0.2, 0) is 16.6 Å². The van der Waals surface area contributed by atoms with Crippen LogP contribution in [0.2, 0.25) is 0 Å². The van der Waals surface area contributed by atoms with Gasteiger partial charge in [0, 0.05) is 24.8 Å². The number of carbonyl (C=O) groups is 1. The molecule has 1 heterocycles. The van der Waals surface area contributed by atoms with Crippen LogP contribution in [0.1, 0.15) is 31.9 Å². The number of nitrogens with zero attached hydrogens (tertiary/aromatic N) is 2. The zero-order valence-corrected chi connectivity index (χ0v) is 20.8. The van der Waals surface area contributed by atoms with Crippen LogP contribution in [0.15, 0.2) is 83.9 Å². The third-order valence-electron chi connectivity index (χ3n) is 5.51. The fourth-order valence-corrected chi connectivity index (χ4v) is 5.74. The van der Waals surface area contributed by atoms with Gasteiger partial charge in [-0.1, -0.05) is 65.9 Å². The Morgan fingerprint density at radius 3 is 2.26 bits per heavy atom. The highest BCUT2D eigenvalue weighted by atomic mass is 32.2. The third kappa shape index (κ3) is 5.09. The van der Waals surface area contributed by atoms with Gasteiger partial charge in [0.25, 0.3) is 0 Å². The van der Waals surface area contributed by atoms with Gasteiger partial charge in [0.2, 0.25) is 15.8 Å². The lowest BCUT2D eigenvalue weighted by molar-refractivity contribution is 0.104. The number of carbonyl (C=O) groups excluding carboxylic acids is 1. The predicted molar refractivity (Wildman–Crippen MR) is 136 cm³/mol. The van der Waals surface area contributed by atoms with E-state index in [2.05, 4.69) is 10.3 Å². The topological polar surface area (TPSA) is 79.4 Å². The van der Waals surface area contributed by atoms with Crippen molar-refractivity contribution in [1.29, 1.82) is 0 Å². The second-order valence-electron chi connectivity index (χ2n) is 8.02. The molecule has 4 rings (SSSR count). The minimum atomic E-state index is -3.58. The molecule has 6 nitrogen and oxygen atoms in total. The average molecular weight is 492 g/mol. The van der Waals surface area contributed by atoms with Gasteiger partial charge in [0.15, 0.2) is 5.13 Å². The monoisotopic (exact) mass is 491 g/mol. The van der Waals surface area contributed by atoms with Crippen LogP contribution in [0.3, 0.4) is 0 Å². The van der Waals surface area contributed by atoms with E-state index >= 15 is 0 Å². The van der Waals surface area contributed by atoms with Crippen LogP contribution >= 0.6 is 11.3 Å². The van der Waals surface area contributed by atoms with E-state index in [4.69, 9.17) is 0 Å². The largest absolute Gasteiger partial charge is 0.332 e. The summed E-state index contributed by atoms with van der Waals surface area (Å²) in [6, 6.07) is 22.0. The number of aromatic nitrogens is 1. The molecule has 0 amide bonds. The van der Waals surface area contributed by atoms with E-state index in [1.165, 1.54) is 15.6 Å². The summed E-state index contributed by atoms with van der Waals surface area (Å²) in [5.41, 5.74) is 3.99. The standard InChI is InChI=1S/C26H25N3O3S2/c1-18-8-4-6-10-22(18)25(30)23-16-27-26(33-23)28-21-14-12-20(13-15-21)17-29(3)34(31,32)24-11-7-5-9-19(24)2/h4-16H,17H2,1-3H3,(H,27,28). The average Bonchev–Trinajstić information content (AvgIpc) is 3.29. The fraction of sp³-hybridized carbons (Fsp3) is 0.154. The normalized spacial score (nSPS) is 11.5. The van der Waals surface area contributed by atoms with Gasteiger partial charge in [-0.25, -0.2) is 13.4 Å². The van der Waals surface area contributed by atoms with E-state index < -0.39 is 10.0 Å². The fourth-order valence-electron chi connectivity index (χ4n) is 3.57. The van der Waals surface area contributed by atoms with Crippen molar-refractivity contribution in [3.05, 3.63) is 106 Å². The van der Waals surface area contributed by atoms with Gasteiger partial charge in [-0.2, -0.15) is 4.31 Å². The Balaban J connectivity index is 1.42. The molecule has 0 aliphatic heterocycles. The number of nitrogens with one attached hydrogen (secondary N) is 1. The minimum absolute atomic E-state index is 0.0445. The maximum atomic E-state index is 12.9. The molecule has 34 heavy (non-hydrogen) atoms. The quantitative estimate of drug-likeness (QED) is 0.327. The van der Waals surface area contributed by atoms with Gasteiger partial charge < -0.3 is 5.32 Å². The maximum Gasteiger partial charge on any atom is 0.243 e. The van der Waals surface area contributed by atoms with Gasteiger partial charge in [-0.05, 0) is 48.7 Å². The molecule has 0 saturated heterocycles. The smallest absolute Gasteiger partial charge is 0.243 e. The van der Waals surface area contributed by atoms with Gasteiger partial charge in [-0.15, -0.1) is 0 Å². The summed E-state index contributed by atoms with van der Waals surface area (Å²) in [5.74, 6) is -0.0445. The Hall–Kier alpha value is -3.33. The number of hydrogen-bond donors (Lipinski definition) is 1. The molecule has 174 valence electrons. The molecule has 4 aromatic rings. The Labute approximate surface area is 204 Å². The van der Waals surface area contributed by atoms with Crippen molar-refractivity contribution in [3.63, 3.8) is 0 Å². The van der Waals surface area contributed by atoms with Gasteiger partial charge >= 0.3 is 0 Å². The molecule has 0 aliphatic carbocycles. The van der Waals surface area contributed by atoms with Crippen LogP contribution in [0.4, 0.5) is 10.8 Å². The van der Waals surface area contributed by atoms with Crippen LogP contribution in [0, 0.1) is 13.8 Å². The number of sulfonamides is 1. The molecule has 0 unspecified atom stereocenters. The lowest BCUT2D eigenvalue weighted by atomic mass is 10.0. The first-order valence-electron chi connectivity index (χ1n) is 10.7. The first-order chi connectivity index (χ1) is 16.3. The third-order valence-corrected chi connectivity index (χ3v) is 8.39. The van der Waals surface area contributed by atoms with E-state index in [1.807, 2.05) is 61.5 Å². The van der Waals surface area contributed by atoms with Crippen molar-refractivity contribution in [2.75, 3.05) is 12.4 Å². The van der Waals surface area contributed by atoms with Crippen LogP contribution in [0.25, 0.3) is 0 Å². The van der Waals surface area contributed by atoms with Crippen molar-refractivity contribution < 1.29 is 13.2 Å². The summed E-state index contributed by atoms with van der Waals surface area (Å²) in [6.45, 7) is 3.96. The van der Waals surface area contributed by atoms with Crippen LogP contribution in [0.5, 0.6) is 0 Å². The van der Waals surface area contributed by atoms with Crippen molar-refractivity contribution in [1.82, 2.24) is 9.29 Å². The lowest BCUT2D eigenvalue weighted by Crippen LogP contribution is -2.27. The minimum Gasteiger partial charge on any atom is -0.332 e. The van der Waals surface area contributed by atoms with Crippen LogP contribution < -0.4 is 5.32 Å². The van der Waals surface area contributed by atoms with Crippen molar-refractivity contribution in [3.8, 4) is 0 Å². The molecular weight excluding hydrogens is 466 g/mol. The number of rotatable bonds is 8. The molecule has 3 aromatic carbocycles. The molecule has 8 heteroatoms. The summed E-state index contributed by atoms with van der Waals surface area (Å²) in [7, 11) is -2.00. The second-order valence-corrected chi connectivity index (χ2v) is 11.1. The molecule has 0 spiro atoms. The Morgan fingerprint density at radius 1 is 0.941 bits per heavy atom. The molecule has 0 atom stereocenters. The molecule has 1 aromatic heterocycles. The SMILES string of the molecule is Cc1ccccc1C(=O)c1cnc(Nc2ccc(CN(C)S(=O)(=O)c3ccccc3C)cc2)s1. The predicted octanol–water partition coefficient (Wildman–Crippen LogP) is 5.56. The molecule has 0 aliphatic rings. The summed E-state index contributed by atoms with van der Waals surface area (Å²) in [5, 5.41) is 3.83. The number of thiazole rings is 1. The van der Waals surface area contributed by atoms with E-state index in [9.17, 15) is 13.2 Å². The number of ketones is 1. The van der Waals surface area contributed by atoms with E-state index in [-0.39, 0.29) is 12.3 Å². The van der Waals surface area contributed by atoms with Crippen molar-refractivity contribution in [2.24, 2.45) is 0 Å². The van der Waals surface area contributed by atoms with E-state index in [1.54, 1.807) is 38.4 Å². The number of hydrogen-bond acceptors (Lipinski definition) is 6. The Kier molecular flexibility index (Phi) is 6.92. The van der Waals surface area contributed by atoms with Crippen LogP contribution in [-0.4, -0.2) is 30.5 Å². The zero-order chi connectivity index (χ0) is 24.3. The van der Waals surface area contributed by atoms with E-state index in [0.717, 1.165) is 22.4 Å². The summed E-state index contributed by atoms with van der Waals surface area (Å²) in [6.07, 6.45) is 1.58. The first kappa shape index (κ1) is 23.8. The Bertz CT molecular complexity index is 1430. The second kappa shape index (κ2) is 9.89. The van der Waals surface area contributed by atoms with Gasteiger partial charge in [-0.3, -0.25) is 4.79 Å². The molecule has 0 radical (unpaired) electrons. The zero-order valence-electron chi connectivity index (χ0n) is 19.1. The van der Waals surface area contributed by atoms with E-state index in [0.29, 0.717) is 20.5 Å². The molecular formula is C26H25N3O3S2. The highest BCUT2D eigenvalue weighted by molar-refractivity contribution is 7.89. The summed E-state index contributed by atoms with van der Waals surface area (Å²) < 4.78 is 27.2. The van der Waals surface area contributed by atoms with Crippen molar-refractivity contribution >= 4 is 38.0 Å². The van der Waals surface area contributed by atoms with Gasteiger partial charge in [0.1, 0.15) is 0 Å². The first-order valence-corrected chi connectivity index (χ1v) is 13.0. The molecule has 1 N–H and O–H groups in total. The van der Waals surface area contributed by atoms with Crippen molar-refractivity contribution in [2.45, 2.75) is 25.3 Å². The summed E-state index contributed by atoms with van der Waals surface area (Å²) >= 11 is 1.30. The number of benzene rings is 3. The summed E-state index contributed by atoms with van der Waals surface area (Å²) in [4.78, 5) is 18.0. The number of aryl methyl sites for hydroxylation is 2. The highest BCUT2D eigenvalue weighted by Crippen LogP contribution is 2.26. The van der Waals surface area contributed by atoms with Gasteiger partial charge in [0.05, 0.1) is 16.0 Å². The Morgan fingerprint density at radius 2 is 1.59 bits per heavy atom.